The summed E-state index contributed by atoms with van der Waals surface area (Å²) in [5.74, 6) is 0.656. The average molecular weight is 401 g/mol. The molecule has 2 saturated heterocycles. The van der Waals surface area contributed by atoms with Crippen LogP contribution in [-0.2, 0) is 14.8 Å². The molecule has 9 heteroatoms. The molecular formula is C19H23N5O3S. The van der Waals surface area contributed by atoms with Crippen molar-refractivity contribution in [3.8, 4) is 0 Å². The zero-order valence-corrected chi connectivity index (χ0v) is 16.3. The van der Waals surface area contributed by atoms with Crippen molar-refractivity contribution < 1.29 is 13.2 Å². The summed E-state index contributed by atoms with van der Waals surface area (Å²) < 4.78 is 25.5. The normalized spacial score (nSPS) is 21.5. The molecule has 2 aromatic rings. The summed E-state index contributed by atoms with van der Waals surface area (Å²) in [6.07, 6.45) is 5.77. The number of nitrogens with one attached hydrogen (secondary N) is 1. The zero-order chi connectivity index (χ0) is 19.6. The second kappa shape index (κ2) is 7.75. The van der Waals surface area contributed by atoms with Crippen LogP contribution in [0.25, 0.3) is 0 Å². The third-order valence-electron chi connectivity index (χ3n) is 5.15. The quantitative estimate of drug-likeness (QED) is 0.840. The van der Waals surface area contributed by atoms with Gasteiger partial charge in [-0.3, -0.25) is 9.10 Å². The first-order chi connectivity index (χ1) is 13.5. The van der Waals surface area contributed by atoms with Gasteiger partial charge in [0.2, 0.25) is 21.9 Å². The van der Waals surface area contributed by atoms with E-state index in [1.807, 2.05) is 4.90 Å². The van der Waals surface area contributed by atoms with E-state index < -0.39 is 10.0 Å². The van der Waals surface area contributed by atoms with Crippen molar-refractivity contribution in [2.75, 3.05) is 39.9 Å². The Morgan fingerprint density at radius 1 is 1.07 bits per heavy atom. The molecule has 2 fully saturated rings. The van der Waals surface area contributed by atoms with E-state index >= 15 is 0 Å². The predicted octanol–water partition coefficient (Wildman–Crippen LogP) is 1.87. The number of nitrogens with zero attached hydrogens (tertiary/aromatic N) is 4. The van der Waals surface area contributed by atoms with Crippen LogP contribution in [0.3, 0.4) is 0 Å². The lowest BCUT2D eigenvalue weighted by Gasteiger charge is -2.31. The Kier molecular flexibility index (Phi) is 5.17. The highest BCUT2D eigenvalue weighted by Gasteiger charge is 2.29. The summed E-state index contributed by atoms with van der Waals surface area (Å²) in [6.45, 7) is 1.93. The maximum absolute atomic E-state index is 12.7. The van der Waals surface area contributed by atoms with Gasteiger partial charge in [0.25, 0.3) is 0 Å². The van der Waals surface area contributed by atoms with Gasteiger partial charge in [-0.05, 0) is 49.6 Å². The van der Waals surface area contributed by atoms with Crippen LogP contribution in [0.1, 0.15) is 19.3 Å². The monoisotopic (exact) mass is 401 g/mol. The minimum Gasteiger partial charge on any atom is -0.340 e. The van der Waals surface area contributed by atoms with Crippen molar-refractivity contribution in [3.05, 3.63) is 42.7 Å². The second-order valence-corrected chi connectivity index (χ2v) is 9.12. The molecule has 0 saturated carbocycles. The Hall–Kier alpha value is -2.68. The van der Waals surface area contributed by atoms with Gasteiger partial charge in [0.15, 0.2) is 0 Å². The van der Waals surface area contributed by atoms with Crippen LogP contribution in [0.15, 0.2) is 42.7 Å². The highest BCUT2D eigenvalue weighted by molar-refractivity contribution is 7.93. The summed E-state index contributed by atoms with van der Waals surface area (Å²) >= 11 is 0. The number of carbonyl (C=O) groups excluding carboxylic acids is 1. The number of hydrogen-bond donors (Lipinski definition) is 1. The van der Waals surface area contributed by atoms with Crippen LogP contribution >= 0.6 is 0 Å². The van der Waals surface area contributed by atoms with Crippen molar-refractivity contribution in [2.45, 2.75) is 19.3 Å². The molecule has 8 nitrogen and oxygen atoms in total. The van der Waals surface area contributed by atoms with Gasteiger partial charge in [0, 0.05) is 37.7 Å². The Morgan fingerprint density at radius 2 is 1.82 bits per heavy atom. The molecule has 2 aliphatic heterocycles. The molecular weight excluding hydrogens is 378 g/mol. The summed E-state index contributed by atoms with van der Waals surface area (Å²) in [5, 5.41) is 2.95. The number of aromatic nitrogens is 2. The molecule has 1 N–H and O–H groups in total. The Morgan fingerprint density at radius 3 is 2.50 bits per heavy atom. The van der Waals surface area contributed by atoms with E-state index in [-0.39, 0.29) is 17.6 Å². The maximum atomic E-state index is 12.7. The van der Waals surface area contributed by atoms with Crippen LogP contribution in [0, 0.1) is 5.92 Å². The lowest BCUT2D eigenvalue weighted by atomic mass is 9.97. The number of hydrogen-bond acceptors (Lipinski definition) is 6. The summed E-state index contributed by atoms with van der Waals surface area (Å²) in [5.41, 5.74) is 1.30. The fourth-order valence-corrected chi connectivity index (χ4v) is 5.28. The van der Waals surface area contributed by atoms with Crippen molar-refractivity contribution in [3.63, 3.8) is 0 Å². The molecule has 1 amide bonds. The number of anilines is 3. The van der Waals surface area contributed by atoms with Crippen molar-refractivity contribution >= 4 is 33.3 Å². The molecule has 0 bridgehead atoms. The van der Waals surface area contributed by atoms with E-state index in [1.54, 1.807) is 42.7 Å². The minimum atomic E-state index is -3.20. The van der Waals surface area contributed by atoms with Gasteiger partial charge in [0.05, 0.1) is 17.4 Å². The van der Waals surface area contributed by atoms with Crippen LogP contribution < -0.4 is 14.5 Å². The second-order valence-electron chi connectivity index (χ2n) is 7.11. The van der Waals surface area contributed by atoms with Gasteiger partial charge in [-0.15, -0.1) is 0 Å². The Bertz CT molecular complexity index is 934. The largest absolute Gasteiger partial charge is 0.340 e. The molecule has 0 aliphatic carbocycles. The molecule has 4 rings (SSSR count). The van der Waals surface area contributed by atoms with E-state index in [0.717, 1.165) is 19.4 Å². The van der Waals surface area contributed by atoms with E-state index in [4.69, 9.17) is 0 Å². The SMILES string of the molecule is O=C(Nc1ccc(N2CCCS2(=O)=O)cc1)C1CCCN(c2ncccn2)C1. The van der Waals surface area contributed by atoms with Crippen molar-refractivity contribution in [1.82, 2.24) is 9.97 Å². The molecule has 0 radical (unpaired) electrons. The van der Waals surface area contributed by atoms with E-state index in [1.165, 1.54) is 4.31 Å². The number of benzene rings is 1. The van der Waals surface area contributed by atoms with Gasteiger partial charge < -0.3 is 10.2 Å². The number of piperidine rings is 1. The highest BCUT2D eigenvalue weighted by Crippen LogP contribution is 2.26. The third-order valence-corrected chi connectivity index (χ3v) is 7.02. The summed E-state index contributed by atoms with van der Waals surface area (Å²) in [4.78, 5) is 23.3. The number of amides is 1. The number of sulfonamides is 1. The van der Waals surface area contributed by atoms with Gasteiger partial charge in [-0.2, -0.15) is 0 Å². The lowest BCUT2D eigenvalue weighted by Crippen LogP contribution is -2.41. The fourth-order valence-electron chi connectivity index (χ4n) is 3.71. The molecule has 2 aliphatic rings. The van der Waals surface area contributed by atoms with Crippen LogP contribution in [0.5, 0.6) is 0 Å². The van der Waals surface area contributed by atoms with Gasteiger partial charge in [-0.1, -0.05) is 0 Å². The van der Waals surface area contributed by atoms with E-state index in [9.17, 15) is 13.2 Å². The van der Waals surface area contributed by atoms with Crippen LogP contribution in [0.4, 0.5) is 17.3 Å². The first-order valence-electron chi connectivity index (χ1n) is 9.46. The van der Waals surface area contributed by atoms with Crippen molar-refractivity contribution in [1.29, 1.82) is 0 Å². The molecule has 148 valence electrons. The fraction of sp³-hybridized carbons (Fsp3) is 0.421. The molecule has 28 heavy (non-hydrogen) atoms. The maximum Gasteiger partial charge on any atom is 0.235 e. The van der Waals surface area contributed by atoms with Crippen molar-refractivity contribution in [2.24, 2.45) is 5.92 Å². The minimum absolute atomic E-state index is 0.0397. The summed E-state index contributed by atoms with van der Waals surface area (Å²) in [7, 11) is -3.20. The third kappa shape index (κ3) is 3.94. The molecule has 3 heterocycles. The topological polar surface area (TPSA) is 95.5 Å². The molecule has 0 spiro atoms. The smallest absolute Gasteiger partial charge is 0.235 e. The van der Waals surface area contributed by atoms with E-state index in [0.29, 0.717) is 36.8 Å². The average Bonchev–Trinajstić information content (AvgIpc) is 3.08. The Labute approximate surface area is 164 Å². The zero-order valence-electron chi connectivity index (χ0n) is 15.5. The molecule has 1 unspecified atom stereocenters. The van der Waals surface area contributed by atoms with E-state index in [2.05, 4.69) is 15.3 Å². The first kappa shape index (κ1) is 18.7. The lowest BCUT2D eigenvalue weighted by molar-refractivity contribution is -0.120. The van der Waals surface area contributed by atoms with Gasteiger partial charge >= 0.3 is 0 Å². The van der Waals surface area contributed by atoms with Crippen LogP contribution in [-0.4, -0.2) is 49.7 Å². The molecule has 1 atom stereocenters. The van der Waals surface area contributed by atoms with Crippen LogP contribution in [0.2, 0.25) is 0 Å². The molecule has 1 aromatic carbocycles. The predicted molar refractivity (Wildman–Crippen MR) is 108 cm³/mol. The Balaban J connectivity index is 1.39. The highest BCUT2D eigenvalue weighted by atomic mass is 32.2. The van der Waals surface area contributed by atoms with Gasteiger partial charge in [-0.25, -0.2) is 18.4 Å². The first-order valence-corrected chi connectivity index (χ1v) is 11.1. The number of carbonyl (C=O) groups is 1. The number of rotatable bonds is 4. The summed E-state index contributed by atoms with van der Waals surface area (Å²) in [6, 6.07) is 8.76. The standard InChI is InChI=1S/C19H23N5O3S/c25-18(15-4-1-11-23(14-15)19-20-9-2-10-21-19)22-16-5-7-17(8-6-16)24-12-3-13-28(24,26)27/h2,5-10,15H,1,3-4,11-14H2,(H,22,25). The molecule has 1 aromatic heterocycles. The van der Waals surface area contributed by atoms with Gasteiger partial charge in [0.1, 0.15) is 0 Å².